The molecule has 0 saturated carbocycles. The molecule has 0 aliphatic carbocycles. The van der Waals surface area contributed by atoms with Crippen molar-refractivity contribution in [3.8, 4) is 0 Å². The molecule has 0 unspecified atom stereocenters. The smallest absolute Gasteiger partial charge is 0.348 e. The summed E-state index contributed by atoms with van der Waals surface area (Å²) in [7, 11) is 0. The van der Waals surface area contributed by atoms with E-state index in [1.54, 1.807) is 19.9 Å². The highest BCUT2D eigenvalue weighted by Crippen LogP contribution is 2.29. The number of pyridine rings is 1. The standard InChI is InChI=1S/C16H15F3N2O2/c1-9-6-10(2)21-15(23)13(9)8-20-14(22)11-4-3-5-12(7-11)16(17,18)19/h3-7H,8H2,1-2H3,(H,20,22)(H,21,23). The van der Waals surface area contributed by atoms with E-state index in [4.69, 9.17) is 0 Å². The average Bonchev–Trinajstić information content (AvgIpc) is 2.45. The third-order valence-corrected chi connectivity index (χ3v) is 3.37. The number of aromatic nitrogens is 1. The monoisotopic (exact) mass is 324 g/mol. The number of hydrogen-bond donors (Lipinski definition) is 2. The number of H-pyrrole nitrogens is 1. The van der Waals surface area contributed by atoms with Crippen LogP contribution in [0.5, 0.6) is 0 Å². The number of hydrogen-bond acceptors (Lipinski definition) is 2. The van der Waals surface area contributed by atoms with Crippen molar-refractivity contribution in [2.24, 2.45) is 0 Å². The largest absolute Gasteiger partial charge is 0.416 e. The van der Waals surface area contributed by atoms with Gasteiger partial charge in [-0.05, 0) is 43.7 Å². The van der Waals surface area contributed by atoms with Crippen molar-refractivity contribution in [2.75, 3.05) is 0 Å². The maximum atomic E-state index is 12.6. The number of aryl methyl sites for hydroxylation is 2. The summed E-state index contributed by atoms with van der Waals surface area (Å²) in [5.74, 6) is -0.671. The highest BCUT2D eigenvalue weighted by atomic mass is 19.4. The molecule has 2 rings (SSSR count). The predicted octanol–water partition coefficient (Wildman–Crippen LogP) is 2.94. The third-order valence-electron chi connectivity index (χ3n) is 3.37. The van der Waals surface area contributed by atoms with Gasteiger partial charge in [0.2, 0.25) is 0 Å². The van der Waals surface area contributed by atoms with Gasteiger partial charge in [-0.3, -0.25) is 9.59 Å². The maximum absolute atomic E-state index is 12.6. The average molecular weight is 324 g/mol. The predicted molar refractivity (Wildman–Crippen MR) is 79.2 cm³/mol. The molecular weight excluding hydrogens is 309 g/mol. The second kappa shape index (κ2) is 6.28. The zero-order valence-corrected chi connectivity index (χ0v) is 12.5. The van der Waals surface area contributed by atoms with E-state index in [9.17, 15) is 22.8 Å². The van der Waals surface area contributed by atoms with Gasteiger partial charge in [0.25, 0.3) is 11.5 Å². The van der Waals surface area contributed by atoms with Crippen LogP contribution in [0.4, 0.5) is 13.2 Å². The molecule has 7 heteroatoms. The summed E-state index contributed by atoms with van der Waals surface area (Å²) in [5, 5.41) is 2.47. The molecule has 0 fully saturated rings. The van der Waals surface area contributed by atoms with Gasteiger partial charge in [0.1, 0.15) is 0 Å². The number of aromatic amines is 1. The first-order valence-electron chi connectivity index (χ1n) is 6.83. The van der Waals surface area contributed by atoms with Crippen LogP contribution in [0.15, 0.2) is 35.1 Å². The molecule has 2 N–H and O–H groups in total. The molecule has 0 bridgehead atoms. The van der Waals surface area contributed by atoms with E-state index in [-0.39, 0.29) is 17.7 Å². The summed E-state index contributed by atoms with van der Waals surface area (Å²) in [6.07, 6.45) is -4.51. The molecule has 0 radical (unpaired) electrons. The fourth-order valence-electron chi connectivity index (χ4n) is 2.21. The first-order valence-corrected chi connectivity index (χ1v) is 6.83. The molecule has 122 valence electrons. The lowest BCUT2D eigenvalue weighted by molar-refractivity contribution is -0.137. The number of rotatable bonds is 3. The number of carbonyl (C=O) groups is 1. The van der Waals surface area contributed by atoms with Crippen molar-refractivity contribution in [3.63, 3.8) is 0 Å². The molecule has 1 heterocycles. The zero-order chi connectivity index (χ0) is 17.2. The van der Waals surface area contributed by atoms with E-state index < -0.39 is 17.6 Å². The number of nitrogens with one attached hydrogen (secondary N) is 2. The van der Waals surface area contributed by atoms with E-state index in [0.29, 0.717) is 16.8 Å². The van der Waals surface area contributed by atoms with Gasteiger partial charge in [0, 0.05) is 23.4 Å². The molecule has 23 heavy (non-hydrogen) atoms. The van der Waals surface area contributed by atoms with Gasteiger partial charge < -0.3 is 10.3 Å². The minimum atomic E-state index is -4.51. The van der Waals surface area contributed by atoms with Crippen LogP contribution in [0, 0.1) is 13.8 Å². The minimum absolute atomic E-state index is 0.0590. The van der Waals surface area contributed by atoms with Crippen molar-refractivity contribution < 1.29 is 18.0 Å². The number of halogens is 3. The topological polar surface area (TPSA) is 62.0 Å². The summed E-state index contributed by atoms with van der Waals surface area (Å²) >= 11 is 0. The van der Waals surface area contributed by atoms with Gasteiger partial charge in [-0.1, -0.05) is 6.07 Å². The van der Waals surface area contributed by atoms with Crippen LogP contribution in [0.1, 0.15) is 32.7 Å². The van der Waals surface area contributed by atoms with Crippen molar-refractivity contribution in [2.45, 2.75) is 26.6 Å². The molecular formula is C16H15F3N2O2. The molecule has 0 aliphatic rings. The van der Waals surface area contributed by atoms with Crippen LogP contribution < -0.4 is 10.9 Å². The van der Waals surface area contributed by atoms with Gasteiger partial charge in [0.05, 0.1) is 5.56 Å². The molecule has 0 saturated heterocycles. The van der Waals surface area contributed by atoms with E-state index in [1.165, 1.54) is 12.1 Å². The molecule has 0 aliphatic heterocycles. The highest BCUT2D eigenvalue weighted by Gasteiger charge is 2.30. The zero-order valence-electron chi connectivity index (χ0n) is 12.5. The Kier molecular flexibility index (Phi) is 4.58. The Balaban J connectivity index is 2.17. The molecule has 1 aromatic carbocycles. The van der Waals surface area contributed by atoms with Crippen LogP contribution in [-0.2, 0) is 12.7 Å². The summed E-state index contributed by atoms with van der Waals surface area (Å²) < 4.78 is 37.9. The Morgan fingerprint density at radius 1 is 1.22 bits per heavy atom. The lowest BCUT2D eigenvalue weighted by atomic mass is 10.1. The quantitative estimate of drug-likeness (QED) is 0.912. The normalized spacial score (nSPS) is 11.3. The lowest BCUT2D eigenvalue weighted by Gasteiger charge is -2.10. The van der Waals surface area contributed by atoms with Crippen LogP contribution in [0.3, 0.4) is 0 Å². The number of amides is 1. The number of benzene rings is 1. The number of alkyl halides is 3. The maximum Gasteiger partial charge on any atom is 0.416 e. The van der Waals surface area contributed by atoms with Crippen LogP contribution in [-0.4, -0.2) is 10.9 Å². The van der Waals surface area contributed by atoms with E-state index >= 15 is 0 Å². The Morgan fingerprint density at radius 2 is 1.91 bits per heavy atom. The van der Waals surface area contributed by atoms with Crippen molar-refractivity contribution in [3.05, 3.63) is 68.6 Å². The second-order valence-corrected chi connectivity index (χ2v) is 5.20. The van der Waals surface area contributed by atoms with Gasteiger partial charge in [-0.15, -0.1) is 0 Å². The third kappa shape index (κ3) is 4.00. The van der Waals surface area contributed by atoms with E-state index in [0.717, 1.165) is 12.1 Å². The summed E-state index contributed by atoms with van der Waals surface area (Å²) in [6.45, 7) is 3.41. The second-order valence-electron chi connectivity index (χ2n) is 5.20. The first-order chi connectivity index (χ1) is 10.7. The number of carbonyl (C=O) groups excluding carboxylic acids is 1. The van der Waals surface area contributed by atoms with E-state index in [1.807, 2.05) is 0 Å². The van der Waals surface area contributed by atoms with Crippen molar-refractivity contribution in [1.29, 1.82) is 0 Å². The SMILES string of the molecule is Cc1cc(C)c(CNC(=O)c2cccc(C(F)(F)F)c2)c(=O)[nH]1. The summed E-state index contributed by atoms with van der Waals surface area (Å²) in [6, 6.07) is 5.89. The van der Waals surface area contributed by atoms with Crippen LogP contribution in [0.2, 0.25) is 0 Å². The molecule has 0 spiro atoms. The molecule has 0 atom stereocenters. The first kappa shape index (κ1) is 16.8. The van der Waals surface area contributed by atoms with E-state index in [2.05, 4.69) is 10.3 Å². The van der Waals surface area contributed by atoms with Crippen LogP contribution >= 0.6 is 0 Å². The van der Waals surface area contributed by atoms with Gasteiger partial charge in [-0.25, -0.2) is 0 Å². The Labute approximate surface area is 130 Å². The van der Waals surface area contributed by atoms with Crippen molar-refractivity contribution >= 4 is 5.91 Å². The lowest BCUT2D eigenvalue weighted by Crippen LogP contribution is -2.28. The van der Waals surface area contributed by atoms with Crippen LogP contribution in [0.25, 0.3) is 0 Å². The Morgan fingerprint density at radius 3 is 2.52 bits per heavy atom. The minimum Gasteiger partial charge on any atom is -0.348 e. The molecule has 1 aromatic heterocycles. The van der Waals surface area contributed by atoms with Gasteiger partial charge in [-0.2, -0.15) is 13.2 Å². The molecule has 4 nitrogen and oxygen atoms in total. The summed E-state index contributed by atoms with van der Waals surface area (Å²) in [5.41, 5.74) is 0.439. The molecule has 1 amide bonds. The summed E-state index contributed by atoms with van der Waals surface area (Å²) in [4.78, 5) is 26.5. The molecule has 2 aromatic rings. The van der Waals surface area contributed by atoms with Gasteiger partial charge in [0.15, 0.2) is 0 Å². The fraction of sp³-hybridized carbons (Fsp3) is 0.250. The Hall–Kier alpha value is -2.57. The van der Waals surface area contributed by atoms with Gasteiger partial charge >= 0.3 is 6.18 Å². The Bertz CT molecular complexity index is 795. The van der Waals surface area contributed by atoms with Crippen molar-refractivity contribution in [1.82, 2.24) is 10.3 Å². The highest BCUT2D eigenvalue weighted by molar-refractivity contribution is 5.94. The fourth-order valence-corrected chi connectivity index (χ4v) is 2.21.